The van der Waals surface area contributed by atoms with Gasteiger partial charge in [0.2, 0.25) is 5.16 Å². The highest BCUT2D eigenvalue weighted by atomic mass is 35.5. The molecule has 2 aromatic heterocycles. The second kappa shape index (κ2) is 5.83. The van der Waals surface area contributed by atoms with Gasteiger partial charge in [-0.1, -0.05) is 35.5 Å². The van der Waals surface area contributed by atoms with Crippen molar-refractivity contribution in [2.45, 2.75) is 17.8 Å². The lowest BCUT2D eigenvalue weighted by Gasteiger charge is -2.03. The van der Waals surface area contributed by atoms with E-state index in [2.05, 4.69) is 10.2 Å². The lowest BCUT2D eigenvalue weighted by molar-refractivity contribution is 0.535. The van der Waals surface area contributed by atoms with Crippen molar-refractivity contribution in [1.29, 1.82) is 0 Å². The van der Waals surface area contributed by atoms with Gasteiger partial charge in [0.05, 0.1) is 11.8 Å². The fourth-order valence-corrected chi connectivity index (χ4v) is 2.84. The number of hydrogen-bond acceptors (Lipinski definition) is 5. The fraction of sp³-hybridized carbons (Fsp3) is 0.143. The minimum absolute atomic E-state index is 0.597. The molecule has 7 heteroatoms. The third-order valence-electron chi connectivity index (χ3n) is 3.05. The Kier molecular flexibility index (Phi) is 3.90. The molecule has 0 fully saturated rings. The first-order chi connectivity index (χ1) is 10.1. The first-order valence-corrected chi connectivity index (χ1v) is 7.63. The van der Waals surface area contributed by atoms with Crippen LogP contribution in [0.4, 0.5) is 0 Å². The summed E-state index contributed by atoms with van der Waals surface area (Å²) in [5.41, 5.74) is 2.00. The normalized spacial score (nSPS) is 11.0. The van der Waals surface area contributed by atoms with E-state index in [1.54, 1.807) is 6.26 Å². The molecule has 0 radical (unpaired) electrons. The van der Waals surface area contributed by atoms with Crippen LogP contribution in [-0.2, 0) is 5.75 Å². The minimum atomic E-state index is 0.597. The van der Waals surface area contributed by atoms with Crippen molar-refractivity contribution < 1.29 is 4.42 Å². The standard InChI is InChI=1S/C14H13ClN4OS/c1-9-12(6-7-20-9)13-17-18-14(19(13)16)21-8-10-2-4-11(15)5-3-10/h2-7H,8,16H2,1H3. The largest absolute Gasteiger partial charge is 0.469 e. The van der Waals surface area contributed by atoms with E-state index < -0.39 is 0 Å². The highest BCUT2D eigenvalue weighted by molar-refractivity contribution is 7.98. The number of nitrogen functional groups attached to an aromatic ring is 1. The van der Waals surface area contributed by atoms with E-state index in [0.717, 1.165) is 27.7 Å². The summed E-state index contributed by atoms with van der Waals surface area (Å²) in [5, 5.41) is 9.64. The van der Waals surface area contributed by atoms with Crippen LogP contribution in [0.2, 0.25) is 5.02 Å². The molecule has 0 saturated carbocycles. The molecule has 5 nitrogen and oxygen atoms in total. The summed E-state index contributed by atoms with van der Waals surface area (Å²) in [4.78, 5) is 0. The minimum Gasteiger partial charge on any atom is -0.469 e. The molecule has 0 aliphatic carbocycles. The number of nitrogens with zero attached hydrogens (tertiary/aromatic N) is 3. The van der Waals surface area contributed by atoms with Crippen molar-refractivity contribution in [1.82, 2.24) is 14.9 Å². The number of benzene rings is 1. The molecule has 21 heavy (non-hydrogen) atoms. The van der Waals surface area contributed by atoms with E-state index in [1.165, 1.54) is 16.4 Å². The van der Waals surface area contributed by atoms with Crippen LogP contribution in [0.1, 0.15) is 11.3 Å². The van der Waals surface area contributed by atoms with Crippen molar-refractivity contribution in [2.75, 3.05) is 5.84 Å². The van der Waals surface area contributed by atoms with E-state index in [4.69, 9.17) is 21.9 Å². The average Bonchev–Trinajstić information content (AvgIpc) is 3.04. The summed E-state index contributed by atoms with van der Waals surface area (Å²) in [6.45, 7) is 1.87. The second-order valence-corrected chi connectivity index (χ2v) is 5.86. The van der Waals surface area contributed by atoms with Gasteiger partial charge in [0.25, 0.3) is 0 Å². The molecule has 0 bridgehead atoms. The predicted octanol–water partition coefficient (Wildman–Crippen LogP) is 3.51. The molecule has 0 saturated heterocycles. The van der Waals surface area contributed by atoms with Crippen molar-refractivity contribution in [3.05, 3.63) is 52.9 Å². The number of halogens is 1. The second-order valence-electron chi connectivity index (χ2n) is 4.48. The smallest absolute Gasteiger partial charge is 0.210 e. The Labute approximate surface area is 131 Å². The van der Waals surface area contributed by atoms with Gasteiger partial charge in [-0.05, 0) is 30.7 Å². The summed E-state index contributed by atoms with van der Waals surface area (Å²) < 4.78 is 6.75. The van der Waals surface area contributed by atoms with E-state index in [0.29, 0.717) is 11.0 Å². The molecule has 3 rings (SSSR count). The van der Waals surface area contributed by atoms with Gasteiger partial charge in [-0.2, -0.15) is 0 Å². The molecule has 2 N–H and O–H groups in total. The van der Waals surface area contributed by atoms with E-state index in [1.807, 2.05) is 37.3 Å². The zero-order chi connectivity index (χ0) is 14.8. The van der Waals surface area contributed by atoms with Crippen LogP contribution in [0.25, 0.3) is 11.4 Å². The van der Waals surface area contributed by atoms with Crippen molar-refractivity contribution in [3.8, 4) is 11.4 Å². The van der Waals surface area contributed by atoms with Crippen LogP contribution >= 0.6 is 23.4 Å². The number of furan rings is 1. The zero-order valence-corrected chi connectivity index (χ0v) is 12.9. The Morgan fingerprint density at radius 2 is 2.00 bits per heavy atom. The van der Waals surface area contributed by atoms with Gasteiger partial charge in [0.1, 0.15) is 5.76 Å². The molecule has 0 aliphatic heterocycles. The average molecular weight is 321 g/mol. The highest BCUT2D eigenvalue weighted by Gasteiger charge is 2.15. The number of aryl methyl sites for hydroxylation is 1. The summed E-state index contributed by atoms with van der Waals surface area (Å²) >= 11 is 7.39. The Balaban J connectivity index is 1.77. The zero-order valence-electron chi connectivity index (χ0n) is 11.3. The van der Waals surface area contributed by atoms with Crippen LogP contribution in [0.3, 0.4) is 0 Å². The van der Waals surface area contributed by atoms with Gasteiger partial charge >= 0.3 is 0 Å². The molecule has 0 unspecified atom stereocenters. The number of nitrogens with two attached hydrogens (primary N) is 1. The molecular formula is C14H13ClN4OS. The molecule has 108 valence electrons. The van der Waals surface area contributed by atoms with Crippen LogP contribution in [0, 0.1) is 6.92 Å². The van der Waals surface area contributed by atoms with Crippen molar-refractivity contribution >= 4 is 23.4 Å². The van der Waals surface area contributed by atoms with Gasteiger partial charge < -0.3 is 10.3 Å². The third kappa shape index (κ3) is 2.91. The molecule has 1 aromatic carbocycles. The molecule has 0 amide bonds. The lowest BCUT2D eigenvalue weighted by Crippen LogP contribution is -2.11. The van der Waals surface area contributed by atoms with E-state index >= 15 is 0 Å². The molecular weight excluding hydrogens is 308 g/mol. The van der Waals surface area contributed by atoms with Gasteiger partial charge in [-0.15, -0.1) is 10.2 Å². The van der Waals surface area contributed by atoms with Gasteiger partial charge in [-0.25, -0.2) is 4.68 Å². The maximum Gasteiger partial charge on any atom is 0.210 e. The first kappa shape index (κ1) is 14.0. The molecule has 3 aromatic rings. The number of aromatic nitrogens is 3. The van der Waals surface area contributed by atoms with Crippen molar-refractivity contribution in [3.63, 3.8) is 0 Å². The SMILES string of the molecule is Cc1occc1-c1nnc(SCc2ccc(Cl)cc2)n1N. The monoisotopic (exact) mass is 320 g/mol. The van der Waals surface area contributed by atoms with Gasteiger partial charge in [0, 0.05) is 10.8 Å². The Hall–Kier alpha value is -1.92. The van der Waals surface area contributed by atoms with Crippen LogP contribution in [0.5, 0.6) is 0 Å². The third-order valence-corrected chi connectivity index (χ3v) is 4.31. The summed E-state index contributed by atoms with van der Waals surface area (Å²) in [5.74, 6) is 8.17. The Bertz CT molecular complexity index is 751. The molecule has 2 heterocycles. The maximum absolute atomic E-state index is 6.06. The first-order valence-electron chi connectivity index (χ1n) is 6.27. The molecule has 0 spiro atoms. The summed E-state index contributed by atoms with van der Waals surface area (Å²) in [6.07, 6.45) is 1.61. The van der Waals surface area contributed by atoms with Crippen LogP contribution in [0.15, 0.2) is 46.2 Å². The number of hydrogen-bond donors (Lipinski definition) is 1. The topological polar surface area (TPSA) is 69.9 Å². The lowest BCUT2D eigenvalue weighted by atomic mass is 10.2. The number of rotatable bonds is 4. The highest BCUT2D eigenvalue weighted by Crippen LogP contribution is 2.26. The Morgan fingerprint density at radius 1 is 1.24 bits per heavy atom. The molecule has 0 atom stereocenters. The fourth-order valence-electron chi connectivity index (χ4n) is 1.90. The van der Waals surface area contributed by atoms with Gasteiger partial charge in [-0.3, -0.25) is 0 Å². The maximum atomic E-state index is 6.06. The van der Waals surface area contributed by atoms with E-state index in [9.17, 15) is 0 Å². The Morgan fingerprint density at radius 3 is 2.67 bits per heavy atom. The quantitative estimate of drug-likeness (QED) is 0.588. The summed E-state index contributed by atoms with van der Waals surface area (Å²) in [7, 11) is 0. The molecule has 0 aliphatic rings. The van der Waals surface area contributed by atoms with Gasteiger partial charge in [0.15, 0.2) is 5.82 Å². The summed E-state index contributed by atoms with van der Waals surface area (Å²) in [6, 6.07) is 9.52. The predicted molar refractivity (Wildman–Crippen MR) is 83.6 cm³/mol. The van der Waals surface area contributed by atoms with E-state index in [-0.39, 0.29) is 0 Å². The van der Waals surface area contributed by atoms with Crippen LogP contribution < -0.4 is 5.84 Å². The van der Waals surface area contributed by atoms with Crippen molar-refractivity contribution in [2.24, 2.45) is 0 Å². The number of thioether (sulfide) groups is 1. The van der Waals surface area contributed by atoms with Crippen LogP contribution in [-0.4, -0.2) is 14.9 Å².